The number of hydrogen-bond acceptors (Lipinski definition) is 5. The normalized spacial score (nSPS) is 28.0. The van der Waals surface area contributed by atoms with Crippen LogP contribution in [0.1, 0.15) is 37.8 Å². The minimum Gasteiger partial charge on any atom is -0.394 e. The number of alkyl halides is 1. The zero-order valence-electron chi connectivity index (χ0n) is 26.6. The Kier molecular flexibility index (Phi) is 9.73. The smallest absolute Gasteiger partial charge is 0.253 e. The van der Waals surface area contributed by atoms with Crippen LogP contribution in [0.5, 0.6) is 0 Å². The first-order valence-electron chi connectivity index (χ1n) is 15.8. The Morgan fingerprint density at radius 1 is 1.11 bits per heavy atom. The van der Waals surface area contributed by atoms with E-state index in [0.29, 0.717) is 18.5 Å². The number of ether oxygens (including phenoxy) is 1. The number of para-hydroxylation sites is 1. The summed E-state index contributed by atoms with van der Waals surface area (Å²) in [4.78, 5) is 49.1. The first kappa shape index (κ1) is 33.1. The van der Waals surface area contributed by atoms with Crippen molar-refractivity contribution in [3.8, 4) is 0 Å². The standard InChI is InChI=1S/C36H44BrN3O5/c1-7-17-38(25-13-11-10-12-14-25)33(42)29-30-34(43)40(28(21-41)23(5)9-3)32(36(30)20-26(37)31(29)45-36)35(44)39(18-8-2)27-19-22(4)15-16-24(27)6/h7-8,10-16,19,23,26,28-32,41H,1-2,9,17-18,20-21H2,3-6H3/t23-,26?,28-,29+,30-,31+,32?,36?/m0/s1. The molecule has 2 aromatic rings. The van der Waals surface area contributed by atoms with Gasteiger partial charge in [0.05, 0.1) is 30.6 Å². The molecule has 240 valence electrons. The number of aliphatic hydroxyl groups excluding tert-OH is 1. The number of rotatable bonds is 12. The molecule has 3 saturated heterocycles. The summed E-state index contributed by atoms with van der Waals surface area (Å²) in [6, 6.07) is 13.6. The zero-order chi connectivity index (χ0) is 32.6. The first-order valence-corrected chi connectivity index (χ1v) is 16.7. The SMILES string of the molecule is C=CCN(C(=O)[C@H]1[C@@H]2OC3(CC2Br)C(C(=O)N(CC=C)c2cc(C)ccc2C)N([C@@H](CO)[C@@H](C)CC)C(=O)[C@H]13)c1ccccc1. The lowest BCUT2D eigenvalue weighted by Gasteiger charge is -2.41. The van der Waals surface area contributed by atoms with E-state index in [1.54, 1.807) is 26.9 Å². The maximum Gasteiger partial charge on any atom is 0.253 e. The van der Waals surface area contributed by atoms with Gasteiger partial charge in [-0.3, -0.25) is 14.4 Å². The van der Waals surface area contributed by atoms with Crippen molar-refractivity contribution in [3.63, 3.8) is 0 Å². The lowest BCUT2D eigenvalue weighted by atomic mass is 9.70. The fraction of sp³-hybridized carbons (Fsp3) is 0.472. The van der Waals surface area contributed by atoms with E-state index in [9.17, 15) is 14.7 Å². The van der Waals surface area contributed by atoms with Gasteiger partial charge in [-0.25, -0.2) is 0 Å². The van der Waals surface area contributed by atoms with Gasteiger partial charge in [0.25, 0.3) is 5.91 Å². The lowest BCUT2D eigenvalue weighted by molar-refractivity contribution is -0.145. The molecule has 3 aliphatic heterocycles. The molecule has 1 N–H and O–H groups in total. The van der Waals surface area contributed by atoms with Gasteiger partial charge < -0.3 is 24.5 Å². The second-order valence-corrected chi connectivity index (χ2v) is 13.8. The third-order valence-corrected chi connectivity index (χ3v) is 10.8. The molecule has 3 unspecified atom stereocenters. The topological polar surface area (TPSA) is 90.4 Å². The van der Waals surface area contributed by atoms with Gasteiger partial charge in [0.1, 0.15) is 11.6 Å². The summed E-state index contributed by atoms with van der Waals surface area (Å²) >= 11 is 3.79. The van der Waals surface area contributed by atoms with Crippen LogP contribution in [0.3, 0.4) is 0 Å². The summed E-state index contributed by atoms with van der Waals surface area (Å²) in [6.45, 7) is 15.9. The van der Waals surface area contributed by atoms with Crippen molar-refractivity contribution in [2.45, 2.75) is 69.2 Å². The molecule has 2 aromatic carbocycles. The predicted octanol–water partition coefficient (Wildman–Crippen LogP) is 5.20. The van der Waals surface area contributed by atoms with Crippen LogP contribution in [0.25, 0.3) is 0 Å². The Hall–Kier alpha value is -3.27. The molecule has 2 bridgehead atoms. The van der Waals surface area contributed by atoms with Crippen molar-refractivity contribution in [2.75, 3.05) is 29.5 Å². The average molecular weight is 679 g/mol. The van der Waals surface area contributed by atoms with Crippen molar-refractivity contribution < 1.29 is 24.2 Å². The molecule has 3 amide bonds. The number of carbonyl (C=O) groups excluding carboxylic acids is 3. The van der Waals surface area contributed by atoms with Gasteiger partial charge in [-0.2, -0.15) is 0 Å². The van der Waals surface area contributed by atoms with Crippen LogP contribution >= 0.6 is 15.9 Å². The molecule has 0 saturated carbocycles. The number of amides is 3. The summed E-state index contributed by atoms with van der Waals surface area (Å²) in [5.74, 6) is -2.70. The van der Waals surface area contributed by atoms with Gasteiger partial charge in [0.15, 0.2) is 0 Å². The molecule has 5 rings (SSSR count). The van der Waals surface area contributed by atoms with Crippen LogP contribution in [0, 0.1) is 31.6 Å². The molecule has 0 aromatic heterocycles. The zero-order valence-corrected chi connectivity index (χ0v) is 28.2. The van der Waals surface area contributed by atoms with E-state index >= 15 is 4.79 Å². The number of fused-ring (bicyclic) bond motifs is 1. The van der Waals surface area contributed by atoms with Crippen LogP contribution < -0.4 is 9.80 Å². The molecule has 0 radical (unpaired) electrons. The Balaban J connectivity index is 1.66. The number of aliphatic hydroxyl groups is 1. The van der Waals surface area contributed by atoms with Crippen molar-refractivity contribution in [3.05, 3.63) is 85.0 Å². The van der Waals surface area contributed by atoms with Crippen molar-refractivity contribution in [1.29, 1.82) is 0 Å². The number of likely N-dealkylation sites (tertiary alicyclic amines) is 1. The van der Waals surface area contributed by atoms with Crippen LogP contribution in [0.15, 0.2) is 73.8 Å². The number of anilines is 2. The third kappa shape index (κ3) is 5.47. The number of nitrogens with zero attached hydrogens (tertiary/aromatic N) is 3. The van der Waals surface area contributed by atoms with E-state index in [1.807, 2.05) is 76.2 Å². The monoisotopic (exact) mass is 677 g/mol. The molecule has 8 nitrogen and oxygen atoms in total. The highest BCUT2D eigenvalue weighted by molar-refractivity contribution is 9.09. The maximum absolute atomic E-state index is 15.1. The van der Waals surface area contributed by atoms with Crippen LogP contribution in [-0.2, 0) is 19.1 Å². The Labute approximate surface area is 274 Å². The van der Waals surface area contributed by atoms with Crippen LogP contribution in [0.2, 0.25) is 0 Å². The number of aryl methyl sites for hydroxylation is 2. The second kappa shape index (κ2) is 13.2. The van der Waals surface area contributed by atoms with E-state index in [2.05, 4.69) is 29.1 Å². The fourth-order valence-electron chi connectivity index (χ4n) is 7.63. The summed E-state index contributed by atoms with van der Waals surface area (Å²) < 4.78 is 6.82. The molecule has 0 aliphatic carbocycles. The van der Waals surface area contributed by atoms with Gasteiger partial charge in [0, 0.05) is 29.3 Å². The highest BCUT2D eigenvalue weighted by Crippen LogP contribution is 2.61. The Morgan fingerprint density at radius 3 is 2.40 bits per heavy atom. The van der Waals surface area contributed by atoms with E-state index in [1.165, 1.54) is 0 Å². The molecule has 3 aliphatic rings. The van der Waals surface area contributed by atoms with E-state index in [-0.39, 0.29) is 48.2 Å². The van der Waals surface area contributed by atoms with Crippen LogP contribution in [-0.4, -0.2) is 76.0 Å². The highest BCUT2D eigenvalue weighted by atomic mass is 79.9. The number of halogens is 1. The number of carbonyl (C=O) groups is 3. The molecule has 3 heterocycles. The molecule has 8 atom stereocenters. The van der Waals surface area contributed by atoms with Gasteiger partial charge >= 0.3 is 0 Å². The molecule has 9 heteroatoms. The predicted molar refractivity (Wildman–Crippen MR) is 180 cm³/mol. The van der Waals surface area contributed by atoms with Crippen LogP contribution in [0.4, 0.5) is 11.4 Å². The third-order valence-electron chi connectivity index (χ3n) is 9.97. The minimum absolute atomic E-state index is 0.106. The molecule has 1 spiro atoms. The van der Waals surface area contributed by atoms with Crippen molar-refractivity contribution in [1.82, 2.24) is 4.90 Å². The highest BCUT2D eigenvalue weighted by Gasteiger charge is 2.77. The van der Waals surface area contributed by atoms with Crippen molar-refractivity contribution >= 4 is 45.0 Å². The van der Waals surface area contributed by atoms with E-state index < -0.39 is 35.6 Å². The largest absolute Gasteiger partial charge is 0.394 e. The van der Waals surface area contributed by atoms with Gasteiger partial charge in [-0.15, -0.1) is 13.2 Å². The maximum atomic E-state index is 15.1. The quantitative estimate of drug-likeness (QED) is 0.247. The second-order valence-electron chi connectivity index (χ2n) is 12.6. The summed E-state index contributed by atoms with van der Waals surface area (Å²) in [5, 5.41) is 10.7. The lowest BCUT2D eigenvalue weighted by Crippen LogP contribution is -2.60. The summed E-state index contributed by atoms with van der Waals surface area (Å²) in [6.07, 6.45) is 3.80. The van der Waals surface area contributed by atoms with Gasteiger partial charge in [-0.05, 0) is 55.5 Å². The van der Waals surface area contributed by atoms with Gasteiger partial charge in [-0.1, -0.05) is 78.7 Å². The van der Waals surface area contributed by atoms with Gasteiger partial charge in [0.2, 0.25) is 11.8 Å². The van der Waals surface area contributed by atoms with E-state index in [0.717, 1.165) is 16.8 Å². The molecule has 3 fully saturated rings. The fourth-order valence-corrected chi connectivity index (χ4v) is 8.58. The minimum atomic E-state index is -1.26. The molecule has 45 heavy (non-hydrogen) atoms. The molecular weight excluding hydrogens is 634 g/mol. The van der Waals surface area contributed by atoms with E-state index in [4.69, 9.17) is 4.74 Å². The van der Waals surface area contributed by atoms with Crippen molar-refractivity contribution in [2.24, 2.45) is 17.8 Å². The number of benzene rings is 2. The molecular formula is C36H44BrN3O5. The Bertz CT molecular complexity index is 1470. The first-order chi connectivity index (χ1) is 21.6. The average Bonchev–Trinajstić information content (AvgIpc) is 3.63. The summed E-state index contributed by atoms with van der Waals surface area (Å²) in [7, 11) is 0. The number of hydrogen-bond donors (Lipinski definition) is 1. The Morgan fingerprint density at radius 2 is 1.78 bits per heavy atom. The summed E-state index contributed by atoms with van der Waals surface area (Å²) in [5.41, 5.74) is 2.07.